The number of benzene rings is 1. The van der Waals surface area contributed by atoms with Gasteiger partial charge in [-0.25, -0.2) is 0 Å². The molecule has 2 rings (SSSR count). The van der Waals surface area contributed by atoms with Gasteiger partial charge < -0.3 is 5.32 Å². The Morgan fingerprint density at radius 2 is 2.37 bits per heavy atom. The summed E-state index contributed by atoms with van der Waals surface area (Å²) < 4.78 is 1.92. The molecule has 1 aliphatic rings. The molecule has 104 valence electrons. The minimum atomic E-state index is 0.0219. The number of nitrogens with zero attached hydrogens (tertiary/aromatic N) is 1. The fourth-order valence-corrected chi connectivity index (χ4v) is 3.46. The molecule has 1 amide bonds. The van der Waals surface area contributed by atoms with Crippen LogP contribution in [0, 0.1) is 3.57 Å². The Bertz CT molecular complexity index is 467. The lowest BCUT2D eigenvalue weighted by Crippen LogP contribution is -2.40. The molecule has 0 aromatic heterocycles. The molecule has 1 aromatic carbocycles. The highest BCUT2D eigenvalue weighted by Crippen LogP contribution is 2.19. The number of carbonyl (C=O) groups is 1. The van der Waals surface area contributed by atoms with E-state index in [9.17, 15) is 4.79 Å². The van der Waals surface area contributed by atoms with E-state index in [2.05, 4.69) is 55.7 Å². The Morgan fingerprint density at radius 3 is 3.11 bits per heavy atom. The molecule has 19 heavy (non-hydrogen) atoms. The molecule has 0 aliphatic carbocycles. The average molecular weight is 437 g/mol. The van der Waals surface area contributed by atoms with Crippen LogP contribution < -0.4 is 5.32 Å². The van der Waals surface area contributed by atoms with Crippen molar-refractivity contribution in [1.82, 2.24) is 10.2 Å². The monoisotopic (exact) mass is 436 g/mol. The predicted molar refractivity (Wildman–Crippen MR) is 89.5 cm³/mol. The average Bonchev–Trinajstić information content (AvgIpc) is 2.86. The SMILES string of the molecule is CCN1CCCC1CNC(=O)c1cc(Br)ccc1I. The largest absolute Gasteiger partial charge is 0.350 e. The normalized spacial score (nSPS) is 19.6. The maximum absolute atomic E-state index is 12.2. The van der Waals surface area contributed by atoms with Crippen LogP contribution in [0.3, 0.4) is 0 Å². The number of amides is 1. The van der Waals surface area contributed by atoms with Crippen LogP contribution in [0.25, 0.3) is 0 Å². The molecule has 0 radical (unpaired) electrons. The maximum atomic E-state index is 12.2. The van der Waals surface area contributed by atoms with E-state index in [1.54, 1.807) is 0 Å². The molecule has 1 aliphatic heterocycles. The van der Waals surface area contributed by atoms with Crippen molar-refractivity contribution < 1.29 is 4.79 Å². The number of hydrogen-bond donors (Lipinski definition) is 1. The molecule has 0 bridgehead atoms. The van der Waals surface area contributed by atoms with Crippen molar-refractivity contribution in [2.45, 2.75) is 25.8 Å². The van der Waals surface area contributed by atoms with Gasteiger partial charge in [-0.05, 0) is 66.7 Å². The quantitative estimate of drug-likeness (QED) is 0.734. The summed E-state index contributed by atoms with van der Waals surface area (Å²) in [6.07, 6.45) is 2.42. The number of hydrogen-bond acceptors (Lipinski definition) is 2. The minimum absolute atomic E-state index is 0.0219. The molecule has 1 atom stereocenters. The van der Waals surface area contributed by atoms with Crippen molar-refractivity contribution >= 4 is 44.4 Å². The highest BCUT2D eigenvalue weighted by atomic mass is 127. The molecule has 1 heterocycles. The molecule has 3 nitrogen and oxygen atoms in total. The summed E-state index contributed by atoms with van der Waals surface area (Å²) >= 11 is 5.61. The minimum Gasteiger partial charge on any atom is -0.350 e. The lowest BCUT2D eigenvalue weighted by Gasteiger charge is -2.23. The summed E-state index contributed by atoms with van der Waals surface area (Å²) in [5, 5.41) is 3.07. The van der Waals surface area contributed by atoms with Crippen LogP contribution in [0.5, 0.6) is 0 Å². The number of rotatable bonds is 4. The Labute approximate surface area is 136 Å². The number of likely N-dealkylation sites (tertiary alicyclic amines) is 1. The van der Waals surface area contributed by atoms with Crippen LogP contribution in [0.4, 0.5) is 0 Å². The van der Waals surface area contributed by atoms with Gasteiger partial charge in [-0.15, -0.1) is 0 Å². The number of halogens is 2. The molecular formula is C14H18BrIN2O. The summed E-state index contributed by atoms with van der Waals surface area (Å²) in [5.74, 6) is 0.0219. The van der Waals surface area contributed by atoms with Gasteiger partial charge in [0.25, 0.3) is 5.91 Å². The number of nitrogens with one attached hydrogen (secondary N) is 1. The molecule has 1 fully saturated rings. The predicted octanol–water partition coefficient (Wildman–Crippen LogP) is 3.27. The zero-order valence-electron chi connectivity index (χ0n) is 11.0. The molecule has 5 heteroatoms. The molecule has 0 saturated carbocycles. The van der Waals surface area contributed by atoms with E-state index in [1.807, 2.05) is 18.2 Å². The second-order valence-corrected chi connectivity index (χ2v) is 6.84. The van der Waals surface area contributed by atoms with E-state index in [4.69, 9.17) is 0 Å². The van der Waals surface area contributed by atoms with Crippen LogP contribution in [-0.2, 0) is 0 Å². The lowest BCUT2D eigenvalue weighted by molar-refractivity contribution is 0.0940. The highest BCUT2D eigenvalue weighted by molar-refractivity contribution is 14.1. The lowest BCUT2D eigenvalue weighted by atomic mass is 10.2. The van der Waals surface area contributed by atoms with Gasteiger partial charge >= 0.3 is 0 Å². The first-order valence-electron chi connectivity index (χ1n) is 6.59. The third-order valence-corrected chi connectivity index (χ3v) is 5.01. The second-order valence-electron chi connectivity index (χ2n) is 4.76. The van der Waals surface area contributed by atoms with Crippen molar-refractivity contribution in [3.05, 3.63) is 31.8 Å². The van der Waals surface area contributed by atoms with Crippen molar-refractivity contribution in [2.75, 3.05) is 19.6 Å². The van der Waals surface area contributed by atoms with Crippen molar-refractivity contribution in [3.8, 4) is 0 Å². The maximum Gasteiger partial charge on any atom is 0.252 e. The number of carbonyl (C=O) groups excluding carboxylic acids is 1. The zero-order valence-corrected chi connectivity index (χ0v) is 14.7. The Morgan fingerprint density at radius 1 is 1.58 bits per heavy atom. The van der Waals surface area contributed by atoms with Gasteiger partial charge in [0.2, 0.25) is 0 Å². The van der Waals surface area contributed by atoms with Crippen molar-refractivity contribution in [1.29, 1.82) is 0 Å². The summed E-state index contributed by atoms with van der Waals surface area (Å²) in [5.41, 5.74) is 0.746. The van der Waals surface area contributed by atoms with Gasteiger partial charge in [0.05, 0.1) is 5.56 Å². The third-order valence-electron chi connectivity index (χ3n) is 3.58. The topological polar surface area (TPSA) is 32.3 Å². The van der Waals surface area contributed by atoms with Gasteiger partial charge in [-0.1, -0.05) is 22.9 Å². The summed E-state index contributed by atoms with van der Waals surface area (Å²) in [4.78, 5) is 14.7. The first-order valence-corrected chi connectivity index (χ1v) is 8.46. The van der Waals surface area contributed by atoms with Gasteiger partial charge in [-0.2, -0.15) is 0 Å². The van der Waals surface area contributed by atoms with E-state index in [-0.39, 0.29) is 5.91 Å². The fourth-order valence-electron chi connectivity index (χ4n) is 2.52. The van der Waals surface area contributed by atoms with E-state index >= 15 is 0 Å². The molecular weight excluding hydrogens is 419 g/mol. The fraction of sp³-hybridized carbons (Fsp3) is 0.500. The standard InChI is InChI=1S/C14H18BrIN2O/c1-2-18-7-3-4-11(18)9-17-14(19)12-8-10(15)5-6-13(12)16/h5-6,8,11H,2-4,7,9H2,1H3,(H,17,19). The summed E-state index contributed by atoms with van der Waals surface area (Å²) in [6.45, 7) is 5.15. The summed E-state index contributed by atoms with van der Waals surface area (Å²) in [6, 6.07) is 6.28. The van der Waals surface area contributed by atoms with E-state index < -0.39 is 0 Å². The zero-order chi connectivity index (χ0) is 13.8. The van der Waals surface area contributed by atoms with E-state index in [0.29, 0.717) is 6.04 Å². The first kappa shape index (κ1) is 15.3. The van der Waals surface area contributed by atoms with Gasteiger partial charge in [0.1, 0.15) is 0 Å². The van der Waals surface area contributed by atoms with E-state index in [1.165, 1.54) is 12.8 Å². The first-order chi connectivity index (χ1) is 9.11. The Balaban J connectivity index is 1.96. The molecule has 1 unspecified atom stereocenters. The summed E-state index contributed by atoms with van der Waals surface area (Å²) in [7, 11) is 0. The van der Waals surface area contributed by atoms with Gasteiger partial charge in [-0.3, -0.25) is 9.69 Å². The number of likely N-dealkylation sites (N-methyl/N-ethyl adjacent to an activating group) is 1. The smallest absolute Gasteiger partial charge is 0.252 e. The molecule has 1 saturated heterocycles. The Hall–Kier alpha value is -0.140. The molecule has 0 spiro atoms. The highest BCUT2D eigenvalue weighted by Gasteiger charge is 2.23. The van der Waals surface area contributed by atoms with Crippen LogP contribution in [0.15, 0.2) is 22.7 Å². The van der Waals surface area contributed by atoms with Crippen LogP contribution in [-0.4, -0.2) is 36.5 Å². The third kappa shape index (κ3) is 3.92. The van der Waals surface area contributed by atoms with Crippen LogP contribution >= 0.6 is 38.5 Å². The van der Waals surface area contributed by atoms with Gasteiger partial charge in [0.15, 0.2) is 0 Å². The van der Waals surface area contributed by atoms with E-state index in [0.717, 1.165) is 33.2 Å². The second kappa shape index (κ2) is 7.04. The van der Waals surface area contributed by atoms with Crippen molar-refractivity contribution in [2.24, 2.45) is 0 Å². The molecule has 1 N–H and O–H groups in total. The Kier molecular flexibility index (Phi) is 5.65. The van der Waals surface area contributed by atoms with Crippen LogP contribution in [0.1, 0.15) is 30.1 Å². The van der Waals surface area contributed by atoms with Crippen molar-refractivity contribution in [3.63, 3.8) is 0 Å². The van der Waals surface area contributed by atoms with Crippen LogP contribution in [0.2, 0.25) is 0 Å². The molecule has 1 aromatic rings. The van der Waals surface area contributed by atoms with Gasteiger partial charge in [0, 0.05) is 20.6 Å².